The maximum atomic E-state index is 9.73. The van der Waals surface area contributed by atoms with Crippen molar-refractivity contribution in [2.75, 3.05) is 30.4 Å². The first-order valence-electron chi connectivity index (χ1n) is 10.1. The molecule has 4 heterocycles. The number of hydrogen-bond donors (Lipinski definition) is 3. The van der Waals surface area contributed by atoms with E-state index in [4.69, 9.17) is 9.72 Å². The number of nitrogens with zero attached hydrogens (tertiary/aromatic N) is 4. The topological polar surface area (TPSA) is 99.2 Å². The number of anilines is 2. The van der Waals surface area contributed by atoms with Crippen LogP contribution in [0.1, 0.15) is 18.4 Å². The number of ether oxygens (including phenoxy) is 1. The van der Waals surface area contributed by atoms with Crippen LogP contribution >= 0.6 is 0 Å². The Morgan fingerprint density at radius 3 is 2.87 bits per heavy atom. The van der Waals surface area contributed by atoms with Crippen LogP contribution in [0, 0.1) is 0 Å². The second-order valence-electron chi connectivity index (χ2n) is 7.53. The molecule has 8 nitrogen and oxygen atoms in total. The average molecular weight is 404 g/mol. The van der Waals surface area contributed by atoms with Gasteiger partial charge in [-0.3, -0.25) is 0 Å². The fraction of sp³-hybridized carbons (Fsp3) is 0.318. The maximum absolute atomic E-state index is 9.73. The van der Waals surface area contributed by atoms with Gasteiger partial charge in [-0.05, 0) is 42.7 Å². The molecule has 3 N–H and O–H groups in total. The monoisotopic (exact) mass is 404 g/mol. The summed E-state index contributed by atoms with van der Waals surface area (Å²) in [6.45, 7) is 2.21. The molecule has 30 heavy (non-hydrogen) atoms. The summed E-state index contributed by atoms with van der Waals surface area (Å²) in [6.07, 6.45) is 4.98. The van der Waals surface area contributed by atoms with Gasteiger partial charge in [0.1, 0.15) is 22.9 Å². The zero-order valence-corrected chi connectivity index (χ0v) is 16.8. The SMILES string of the molecule is COc1ccc(CNc2cnc3ccc(N4CCC(O)CC4)nc3n2)c2cc[nH]c12. The fourth-order valence-corrected chi connectivity index (χ4v) is 3.94. The highest BCUT2D eigenvalue weighted by atomic mass is 16.5. The summed E-state index contributed by atoms with van der Waals surface area (Å²) in [4.78, 5) is 19.3. The first-order valence-corrected chi connectivity index (χ1v) is 10.1. The predicted molar refractivity (Wildman–Crippen MR) is 117 cm³/mol. The molecule has 1 aliphatic rings. The van der Waals surface area contributed by atoms with Crippen molar-refractivity contribution in [3.63, 3.8) is 0 Å². The van der Waals surface area contributed by atoms with Gasteiger partial charge in [0.15, 0.2) is 5.65 Å². The van der Waals surface area contributed by atoms with Crippen LogP contribution in [0.3, 0.4) is 0 Å². The van der Waals surface area contributed by atoms with Crippen molar-refractivity contribution in [3.05, 3.63) is 48.3 Å². The number of fused-ring (bicyclic) bond motifs is 2. The van der Waals surface area contributed by atoms with Crippen molar-refractivity contribution in [2.24, 2.45) is 0 Å². The van der Waals surface area contributed by atoms with E-state index >= 15 is 0 Å². The summed E-state index contributed by atoms with van der Waals surface area (Å²) < 4.78 is 5.42. The Labute approximate surface area is 173 Å². The molecular formula is C22H24N6O2. The van der Waals surface area contributed by atoms with E-state index < -0.39 is 0 Å². The summed E-state index contributed by atoms with van der Waals surface area (Å²) in [5, 5.41) is 14.2. The number of H-pyrrole nitrogens is 1. The van der Waals surface area contributed by atoms with Crippen LogP contribution in [0.4, 0.5) is 11.6 Å². The lowest BCUT2D eigenvalue weighted by atomic mass is 10.1. The lowest BCUT2D eigenvalue weighted by Crippen LogP contribution is -2.36. The van der Waals surface area contributed by atoms with Crippen LogP contribution in [-0.2, 0) is 6.54 Å². The summed E-state index contributed by atoms with van der Waals surface area (Å²) in [6, 6.07) is 9.99. The molecule has 5 rings (SSSR count). The van der Waals surface area contributed by atoms with Gasteiger partial charge < -0.3 is 25.0 Å². The normalized spacial score (nSPS) is 15.1. The number of nitrogens with one attached hydrogen (secondary N) is 2. The van der Waals surface area contributed by atoms with Crippen molar-refractivity contribution >= 4 is 33.7 Å². The summed E-state index contributed by atoms with van der Waals surface area (Å²) in [5.74, 6) is 2.39. The van der Waals surface area contributed by atoms with Gasteiger partial charge in [-0.15, -0.1) is 0 Å². The summed E-state index contributed by atoms with van der Waals surface area (Å²) >= 11 is 0. The minimum absolute atomic E-state index is 0.207. The molecule has 8 heteroatoms. The van der Waals surface area contributed by atoms with Gasteiger partial charge in [-0.1, -0.05) is 6.07 Å². The second kappa shape index (κ2) is 7.79. The minimum Gasteiger partial charge on any atom is -0.495 e. The van der Waals surface area contributed by atoms with E-state index in [1.165, 1.54) is 0 Å². The molecule has 0 aliphatic carbocycles. The average Bonchev–Trinajstić information content (AvgIpc) is 3.28. The zero-order chi connectivity index (χ0) is 20.5. The van der Waals surface area contributed by atoms with E-state index in [0.29, 0.717) is 18.0 Å². The molecule has 154 valence electrons. The molecule has 3 aromatic heterocycles. The Hall–Kier alpha value is -3.39. The highest BCUT2D eigenvalue weighted by Gasteiger charge is 2.18. The van der Waals surface area contributed by atoms with Crippen LogP contribution in [0.2, 0.25) is 0 Å². The first-order chi connectivity index (χ1) is 14.7. The molecule has 1 aliphatic heterocycles. The van der Waals surface area contributed by atoms with E-state index in [1.807, 2.05) is 30.5 Å². The summed E-state index contributed by atoms with van der Waals surface area (Å²) in [7, 11) is 1.67. The molecule has 1 aromatic carbocycles. The number of aliphatic hydroxyl groups excluding tert-OH is 1. The van der Waals surface area contributed by atoms with Crippen LogP contribution in [0.15, 0.2) is 42.7 Å². The number of aromatic nitrogens is 4. The number of pyridine rings is 1. The molecule has 0 spiro atoms. The van der Waals surface area contributed by atoms with Crippen LogP contribution < -0.4 is 15.0 Å². The van der Waals surface area contributed by atoms with E-state index in [1.54, 1.807) is 13.3 Å². The van der Waals surface area contributed by atoms with Crippen molar-refractivity contribution in [1.82, 2.24) is 19.9 Å². The molecule has 4 aromatic rings. The third-order valence-corrected chi connectivity index (χ3v) is 5.64. The van der Waals surface area contributed by atoms with Gasteiger partial charge in [0.25, 0.3) is 0 Å². The number of hydrogen-bond acceptors (Lipinski definition) is 7. The number of rotatable bonds is 5. The minimum atomic E-state index is -0.207. The van der Waals surface area contributed by atoms with Crippen LogP contribution in [-0.4, -0.2) is 51.3 Å². The molecule has 0 radical (unpaired) electrons. The van der Waals surface area contributed by atoms with Crippen molar-refractivity contribution in [1.29, 1.82) is 0 Å². The van der Waals surface area contributed by atoms with Gasteiger partial charge in [-0.2, -0.15) is 0 Å². The number of aromatic amines is 1. The number of aliphatic hydroxyl groups is 1. The van der Waals surface area contributed by atoms with Gasteiger partial charge in [-0.25, -0.2) is 15.0 Å². The van der Waals surface area contributed by atoms with Crippen molar-refractivity contribution < 1.29 is 9.84 Å². The third-order valence-electron chi connectivity index (χ3n) is 5.64. The maximum Gasteiger partial charge on any atom is 0.182 e. The molecule has 0 bridgehead atoms. The van der Waals surface area contributed by atoms with Gasteiger partial charge in [0.2, 0.25) is 0 Å². The molecule has 0 amide bonds. The van der Waals surface area contributed by atoms with E-state index in [0.717, 1.165) is 59.5 Å². The van der Waals surface area contributed by atoms with Crippen LogP contribution in [0.5, 0.6) is 5.75 Å². The van der Waals surface area contributed by atoms with Gasteiger partial charge in [0.05, 0.1) is 24.9 Å². The molecule has 0 saturated carbocycles. The van der Waals surface area contributed by atoms with E-state index in [-0.39, 0.29) is 6.10 Å². The van der Waals surface area contributed by atoms with Crippen molar-refractivity contribution in [2.45, 2.75) is 25.5 Å². The zero-order valence-electron chi connectivity index (χ0n) is 16.8. The molecule has 0 atom stereocenters. The number of benzene rings is 1. The lowest BCUT2D eigenvalue weighted by Gasteiger charge is -2.30. The van der Waals surface area contributed by atoms with E-state index in [9.17, 15) is 5.11 Å². The Kier molecular flexibility index (Phi) is 4.84. The number of piperidine rings is 1. The number of methoxy groups -OCH3 is 1. The third kappa shape index (κ3) is 3.50. The Balaban J connectivity index is 1.37. The van der Waals surface area contributed by atoms with Crippen molar-refractivity contribution in [3.8, 4) is 5.75 Å². The highest BCUT2D eigenvalue weighted by Crippen LogP contribution is 2.28. The van der Waals surface area contributed by atoms with Crippen LogP contribution in [0.25, 0.3) is 22.1 Å². The second-order valence-corrected chi connectivity index (χ2v) is 7.53. The smallest absolute Gasteiger partial charge is 0.182 e. The fourth-order valence-electron chi connectivity index (χ4n) is 3.94. The highest BCUT2D eigenvalue weighted by molar-refractivity contribution is 5.88. The largest absolute Gasteiger partial charge is 0.495 e. The first kappa shape index (κ1) is 18.6. The molecule has 1 saturated heterocycles. The van der Waals surface area contributed by atoms with E-state index in [2.05, 4.69) is 31.2 Å². The van der Waals surface area contributed by atoms with Gasteiger partial charge >= 0.3 is 0 Å². The molecule has 0 unspecified atom stereocenters. The molecular weight excluding hydrogens is 380 g/mol. The Bertz CT molecular complexity index is 1180. The molecule has 1 fully saturated rings. The Morgan fingerprint density at radius 1 is 1.17 bits per heavy atom. The Morgan fingerprint density at radius 2 is 2.03 bits per heavy atom. The quantitative estimate of drug-likeness (QED) is 0.470. The standard InChI is InChI=1S/C22H24N6O2/c1-30-18-4-2-14(16-6-9-23-21(16)18)12-25-19-13-24-17-3-5-20(27-22(17)26-19)28-10-7-15(29)8-11-28/h2-6,9,13,15,23,29H,7-8,10-12H2,1H3,(H,25,26,27). The lowest BCUT2D eigenvalue weighted by molar-refractivity contribution is 0.145. The summed E-state index contributed by atoms with van der Waals surface area (Å²) in [5.41, 5.74) is 3.51. The van der Waals surface area contributed by atoms with Gasteiger partial charge in [0, 0.05) is 31.2 Å². The predicted octanol–water partition coefficient (Wildman–Crippen LogP) is 3.09.